The average Bonchev–Trinajstić information content (AvgIpc) is 2.97. The molecule has 2 aliphatic heterocycles. The highest BCUT2D eigenvalue weighted by Gasteiger charge is 2.44. The van der Waals surface area contributed by atoms with Crippen LogP contribution in [0.1, 0.15) is 133 Å². The van der Waals surface area contributed by atoms with Crippen molar-refractivity contribution in [1.29, 1.82) is 0 Å². The molecule has 3 heterocycles. The molecule has 0 amide bonds. The van der Waals surface area contributed by atoms with E-state index >= 15 is 0 Å². The molecule has 0 bridgehead atoms. The fourth-order valence-corrected chi connectivity index (χ4v) is 8.01. The fraction of sp³-hybridized carbons (Fsp3) is 0.865. The molecule has 8 heteroatoms. The van der Waals surface area contributed by atoms with Gasteiger partial charge in [-0.15, -0.1) is 0 Å². The summed E-state index contributed by atoms with van der Waals surface area (Å²) in [6.07, 6.45) is 14.4. The maximum atomic E-state index is 13.3. The smallest absolute Gasteiger partial charge is 0.318 e. The van der Waals surface area contributed by atoms with Crippen molar-refractivity contribution in [3.05, 3.63) is 12.4 Å². The normalized spacial score (nSPS) is 25.5. The molecular formula is C37H66N4O4. The number of carbonyl (C=O) groups is 1. The minimum Gasteiger partial charge on any atom is -0.436 e. The lowest BCUT2D eigenvalue weighted by Crippen LogP contribution is -2.58. The molecule has 0 aliphatic carbocycles. The van der Waals surface area contributed by atoms with Gasteiger partial charge in [0.2, 0.25) is 0 Å². The highest BCUT2D eigenvalue weighted by atomic mass is 16.7. The van der Waals surface area contributed by atoms with E-state index in [-0.39, 0.29) is 35.8 Å². The Labute approximate surface area is 275 Å². The van der Waals surface area contributed by atoms with Crippen molar-refractivity contribution in [3.8, 4) is 11.8 Å². The van der Waals surface area contributed by atoms with Gasteiger partial charge >= 0.3 is 12.0 Å². The quantitative estimate of drug-likeness (QED) is 0.0970. The first-order chi connectivity index (χ1) is 21.3. The van der Waals surface area contributed by atoms with Gasteiger partial charge in [0.25, 0.3) is 0 Å². The largest absolute Gasteiger partial charge is 0.436 e. The molecule has 1 aromatic rings. The Kier molecular flexibility index (Phi) is 14.6. The zero-order valence-corrected chi connectivity index (χ0v) is 30.4. The molecule has 0 aromatic carbocycles. The second kappa shape index (κ2) is 17.4. The summed E-state index contributed by atoms with van der Waals surface area (Å²) in [6, 6.07) is 1.15. The second-order valence-electron chi connectivity index (χ2n) is 15.7. The van der Waals surface area contributed by atoms with Crippen molar-refractivity contribution in [1.82, 2.24) is 19.8 Å². The summed E-state index contributed by atoms with van der Waals surface area (Å²) in [6.45, 7) is 26.1. The summed E-state index contributed by atoms with van der Waals surface area (Å²) >= 11 is 0. The third-order valence-corrected chi connectivity index (χ3v) is 10.3. The maximum Gasteiger partial charge on any atom is 0.318 e. The molecule has 8 nitrogen and oxygen atoms in total. The van der Waals surface area contributed by atoms with Gasteiger partial charge in [0.15, 0.2) is 12.5 Å². The number of ether oxygens (including phenoxy) is 3. The number of hydrogen-bond acceptors (Lipinski definition) is 8. The number of unbranched alkanes of at least 4 members (excludes halogenated alkanes) is 4. The van der Waals surface area contributed by atoms with Crippen LogP contribution in [0.25, 0.3) is 0 Å². The fourth-order valence-electron chi connectivity index (χ4n) is 8.01. The average molecular weight is 631 g/mol. The molecule has 45 heavy (non-hydrogen) atoms. The van der Waals surface area contributed by atoms with E-state index in [1.54, 1.807) is 0 Å². The van der Waals surface area contributed by atoms with Crippen LogP contribution in [-0.2, 0) is 9.53 Å². The number of carbonyl (C=O) groups excluding carboxylic acids is 1. The van der Waals surface area contributed by atoms with Gasteiger partial charge in [-0.3, -0.25) is 14.6 Å². The maximum absolute atomic E-state index is 13.3. The van der Waals surface area contributed by atoms with Gasteiger partial charge in [-0.2, -0.15) is 9.97 Å². The molecule has 0 radical (unpaired) electrons. The Bertz CT molecular complexity index is 1010. The predicted molar refractivity (Wildman–Crippen MR) is 182 cm³/mol. The molecule has 4 unspecified atom stereocenters. The Morgan fingerprint density at radius 2 is 1.38 bits per heavy atom. The van der Waals surface area contributed by atoms with Gasteiger partial charge in [0, 0.05) is 23.2 Å². The van der Waals surface area contributed by atoms with Crippen molar-refractivity contribution in [2.75, 3.05) is 26.5 Å². The third-order valence-electron chi connectivity index (χ3n) is 10.3. The minimum absolute atomic E-state index is 0.0596. The summed E-state index contributed by atoms with van der Waals surface area (Å²) in [7, 11) is 0. The van der Waals surface area contributed by atoms with Crippen molar-refractivity contribution < 1.29 is 19.0 Å². The first kappa shape index (κ1) is 37.7. The van der Waals surface area contributed by atoms with E-state index < -0.39 is 0 Å². The van der Waals surface area contributed by atoms with Crippen molar-refractivity contribution in [2.24, 2.45) is 23.7 Å². The van der Waals surface area contributed by atoms with Crippen LogP contribution in [0.15, 0.2) is 12.4 Å². The van der Waals surface area contributed by atoms with Crippen LogP contribution in [0.2, 0.25) is 0 Å². The predicted octanol–water partition coefficient (Wildman–Crippen LogP) is 8.15. The van der Waals surface area contributed by atoms with Crippen LogP contribution in [0, 0.1) is 23.7 Å². The van der Waals surface area contributed by atoms with E-state index in [2.05, 4.69) is 89.0 Å². The van der Waals surface area contributed by atoms with Crippen molar-refractivity contribution in [3.63, 3.8) is 0 Å². The van der Waals surface area contributed by atoms with E-state index in [0.29, 0.717) is 42.2 Å². The van der Waals surface area contributed by atoms with Crippen LogP contribution in [-0.4, -0.2) is 75.4 Å². The number of rotatable bonds is 17. The molecule has 4 atom stereocenters. The molecule has 2 saturated heterocycles. The molecule has 1 aromatic heterocycles. The van der Waals surface area contributed by atoms with Crippen LogP contribution in [0.3, 0.4) is 0 Å². The summed E-state index contributed by atoms with van der Waals surface area (Å²) in [5.41, 5.74) is 0.0964. The number of aromatic nitrogens is 2. The Morgan fingerprint density at radius 1 is 0.844 bits per heavy atom. The molecule has 258 valence electrons. The highest BCUT2D eigenvalue weighted by molar-refractivity contribution is 5.75. The summed E-state index contributed by atoms with van der Waals surface area (Å²) in [5.74, 6) is 1.58. The van der Waals surface area contributed by atoms with Gasteiger partial charge in [-0.25, -0.2) is 0 Å². The zero-order chi connectivity index (χ0) is 33.2. The van der Waals surface area contributed by atoms with E-state index in [1.807, 2.05) is 0 Å². The summed E-state index contributed by atoms with van der Waals surface area (Å²) in [5, 5.41) is 0. The molecule has 0 N–H and O–H groups in total. The standard InChI is InChI=1S/C37H66N4O4/c1-11-13-15-17-40-32(27(3)4)19-29(21-36(40,7)8)25-43-26-44-35-38-23-31(24-39-35)45-34(42)30-20-33(28(5)6)41(18-16-14-12-2)37(9,10)22-30/h23-24,27-30,32-33H,11-22,25-26H2,1-10H3. The summed E-state index contributed by atoms with van der Waals surface area (Å²) in [4.78, 5) is 27.2. The molecule has 0 spiro atoms. The first-order valence-corrected chi connectivity index (χ1v) is 18.1. The van der Waals surface area contributed by atoms with E-state index in [1.165, 1.54) is 57.5 Å². The van der Waals surface area contributed by atoms with Gasteiger partial charge < -0.3 is 14.2 Å². The lowest BCUT2D eigenvalue weighted by atomic mass is 9.76. The molecule has 2 fully saturated rings. The molecule has 3 rings (SSSR count). The number of esters is 1. The number of likely N-dealkylation sites (tertiary alicyclic amines) is 2. The van der Waals surface area contributed by atoms with Crippen LogP contribution >= 0.6 is 0 Å². The monoisotopic (exact) mass is 631 g/mol. The van der Waals surface area contributed by atoms with Crippen LogP contribution in [0.5, 0.6) is 11.8 Å². The topological polar surface area (TPSA) is 77.0 Å². The number of nitrogens with zero attached hydrogens (tertiary/aromatic N) is 4. The lowest BCUT2D eigenvalue weighted by Gasteiger charge is -2.52. The van der Waals surface area contributed by atoms with Crippen LogP contribution in [0.4, 0.5) is 0 Å². The second-order valence-corrected chi connectivity index (χ2v) is 15.7. The van der Waals surface area contributed by atoms with Crippen molar-refractivity contribution >= 4 is 5.97 Å². The first-order valence-electron chi connectivity index (χ1n) is 18.1. The van der Waals surface area contributed by atoms with Gasteiger partial charge in [0.05, 0.1) is 24.9 Å². The number of piperidine rings is 2. The molecule has 2 aliphatic rings. The number of hydrogen-bond donors (Lipinski definition) is 0. The SMILES string of the molecule is CCCCCN1C(C(C)C)CC(COCOc2ncc(OC(=O)C3CC(C(C)C)N(CCCCC)C(C)(C)C3)cn2)CC1(C)C. The van der Waals surface area contributed by atoms with Crippen LogP contribution < -0.4 is 9.47 Å². The lowest BCUT2D eigenvalue weighted by molar-refractivity contribution is -0.145. The third kappa shape index (κ3) is 10.9. The minimum atomic E-state index is -0.193. The van der Waals surface area contributed by atoms with E-state index in [4.69, 9.17) is 14.2 Å². The van der Waals surface area contributed by atoms with E-state index in [0.717, 1.165) is 32.2 Å². The summed E-state index contributed by atoms with van der Waals surface area (Å²) < 4.78 is 17.5. The van der Waals surface area contributed by atoms with Gasteiger partial charge in [-0.05, 0) is 97.1 Å². The Hall–Kier alpha value is -1.77. The van der Waals surface area contributed by atoms with Gasteiger partial charge in [0.1, 0.15) is 0 Å². The molecular weight excluding hydrogens is 564 g/mol. The van der Waals surface area contributed by atoms with Crippen molar-refractivity contribution in [2.45, 2.75) is 157 Å². The van der Waals surface area contributed by atoms with E-state index in [9.17, 15) is 4.79 Å². The van der Waals surface area contributed by atoms with Gasteiger partial charge in [-0.1, -0.05) is 67.2 Å². The molecule has 0 saturated carbocycles. The highest BCUT2D eigenvalue weighted by Crippen LogP contribution is 2.40. The Morgan fingerprint density at radius 3 is 1.91 bits per heavy atom. The zero-order valence-electron chi connectivity index (χ0n) is 30.4. The Balaban J connectivity index is 1.47.